The second-order valence-electron chi connectivity index (χ2n) is 6.89. The Morgan fingerprint density at radius 2 is 1.79 bits per heavy atom. The second kappa shape index (κ2) is 7.49. The molecule has 4 aromatic rings. The smallest absolute Gasteiger partial charge is 0.228 e. The van der Waals surface area contributed by atoms with E-state index in [2.05, 4.69) is 13.0 Å². The third-order valence-corrected chi connectivity index (χ3v) is 5.57. The number of hydrogen-bond donors (Lipinski definition) is 0. The van der Waals surface area contributed by atoms with Crippen LogP contribution < -0.4 is 4.90 Å². The van der Waals surface area contributed by atoms with Gasteiger partial charge in [-0.25, -0.2) is 0 Å². The number of carbonyl (C=O) groups is 1. The van der Waals surface area contributed by atoms with E-state index >= 15 is 0 Å². The Hall–Kier alpha value is -3.11. The maximum Gasteiger partial charge on any atom is 0.228 e. The zero-order chi connectivity index (χ0) is 19.7. The van der Waals surface area contributed by atoms with Gasteiger partial charge in [0.25, 0.3) is 0 Å². The van der Waals surface area contributed by atoms with Crippen molar-refractivity contribution in [2.75, 3.05) is 4.90 Å². The number of thiophene rings is 1. The number of amides is 1. The Balaban J connectivity index is 1.91. The Labute approximate surface area is 168 Å². The fourth-order valence-corrected chi connectivity index (χ4v) is 4.01. The molecular weight excluding hydrogens is 366 g/mol. The highest BCUT2D eigenvalue weighted by Gasteiger charge is 2.20. The van der Waals surface area contributed by atoms with Crippen molar-refractivity contribution >= 4 is 45.7 Å². The number of aryl methyl sites for hydroxylation is 2. The summed E-state index contributed by atoms with van der Waals surface area (Å²) >= 11 is 1.61. The molecule has 4 heteroatoms. The first-order valence-electron chi connectivity index (χ1n) is 9.14. The summed E-state index contributed by atoms with van der Waals surface area (Å²) in [5.41, 5.74) is 5.82. The highest BCUT2D eigenvalue weighted by molar-refractivity contribution is 7.11. The summed E-state index contributed by atoms with van der Waals surface area (Å²) in [7, 11) is 0. The Kier molecular flexibility index (Phi) is 4.88. The maximum absolute atomic E-state index is 12.7. The quantitative estimate of drug-likeness (QED) is 0.392. The van der Waals surface area contributed by atoms with E-state index < -0.39 is 0 Å². The molecule has 0 aliphatic carbocycles. The summed E-state index contributed by atoms with van der Waals surface area (Å²) in [6.07, 6.45) is 3.80. The van der Waals surface area contributed by atoms with E-state index in [-0.39, 0.29) is 5.91 Å². The van der Waals surface area contributed by atoms with Crippen LogP contribution in [-0.2, 0) is 4.79 Å². The van der Waals surface area contributed by atoms with Gasteiger partial charge in [-0.15, -0.1) is 11.3 Å². The Morgan fingerprint density at radius 1 is 1.04 bits per heavy atom. The number of benzene rings is 2. The lowest BCUT2D eigenvalue weighted by Gasteiger charge is -2.24. The molecule has 0 spiro atoms. The largest absolute Gasteiger partial charge is 0.464 e. The van der Waals surface area contributed by atoms with Gasteiger partial charge in [0.15, 0.2) is 0 Å². The molecule has 0 saturated carbocycles. The summed E-state index contributed by atoms with van der Waals surface area (Å²) in [5.74, 6) is -0.0347. The van der Waals surface area contributed by atoms with E-state index in [1.54, 1.807) is 29.4 Å². The summed E-state index contributed by atoms with van der Waals surface area (Å²) < 4.78 is 5.74. The summed E-state index contributed by atoms with van der Waals surface area (Å²) in [5, 5.41) is 3.07. The molecule has 0 radical (unpaired) electrons. The van der Waals surface area contributed by atoms with Crippen LogP contribution >= 0.6 is 11.3 Å². The number of hydrogen-bond acceptors (Lipinski definition) is 3. The lowest BCUT2D eigenvalue weighted by molar-refractivity contribution is -0.115. The molecule has 0 N–H and O–H groups in total. The van der Waals surface area contributed by atoms with Crippen LogP contribution in [0.15, 0.2) is 70.7 Å². The minimum Gasteiger partial charge on any atom is -0.464 e. The van der Waals surface area contributed by atoms with Crippen LogP contribution in [0.25, 0.3) is 22.7 Å². The lowest BCUT2D eigenvalue weighted by Crippen LogP contribution is -2.26. The fourth-order valence-electron chi connectivity index (χ4n) is 3.28. The third kappa shape index (κ3) is 3.51. The first-order chi connectivity index (χ1) is 13.5. The predicted molar refractivity (Wildman–Crippen MR) is 117 cm³/mol. The molecule has 28 heavy (non-hydrogen) atoms. The average molecular weight is 388 g/mol. The molecule has 0 aliphatic heterocycles. The number of fused-ring (bicyclic) bond motifs is 1. The van der Waals surface area contributed by atoms with Crippen LogP contribution in [0, 0.1) is 13.8 Å². The van der Waals surface area contributed by atoms with Crippen molar-refractivity contribution in [2.45, 2.75) is 20.8 Å². The second-order valence-corrected chi connectivity index (χ2v) is 7.84. The molecule has 0 saturated heterocycles. The van der Waals surface area contributed by atoms with Crippen molar-refractivity contribution in [3.8, 4) is 0 Å². The molecule has 1 amide bonds. The average Bonchev–Trinajstić information content (AvgIpc) is 3.32. The van der Waals surface area contributed by atoms with Gasteiger partial charge in [0, 0.05) is 23.6 Å². The number of carbonyl (C=O) groups excluding carboxylic acids is 1. The van der Waals surface area contributed by atoms with Gasteiger partial charge in [0.1, 0.15) is 5.58 Å². The SMILES string of the molecule is CC(=O)N(/C(=C\c1coc2ccc(C)cc12)c1cccs1)c1ccc(C)cc1. The molecule has 2 aromatic carbocycles. The van der Waals surface area contributed by atoms with Crippen molar-refractivity contribution in [1.29, 1.82) is 0 Å². The van der Waals surface area contributed by atoms with Crippen LogP contribution in [-0.4, -0.2) is 5.91 Å². The fraction of sp³-hybridized carbons (Fsp3) is 0.125. The Bertz CT molecular complexity index is 1150. The molecule has 2 aromatic heterocycles. The molecule has 3 nitrogen and oxygen atoms in total. The van der Waals surface area contributed by atoms with Gasteiger partial charge >= 0.3 is 0 Å². The van der Waals surface area contributed by atoms with E-state index in [9.17, 15) is 4.79 Å². The van der Waals surface area contributed by atoms with Gasteiger partial charge in [-0.05, 0) is 55.6 Å². The molecule has 140 valence electrons. The van der Waals surface area contributed by atoms with Crippen LogP contribution in [0.3, 0.4) is 0 Å². The molecular formula is C24H21NO2S. The zero-order valence-electron chi connectivity index (χ0n) is 16.1. The van der Waals surface area contributed by atoms with Gasteiger partial charge in [0.2, 0.25) is 5.91 Å². The first kappa shape index (κ1) is 18.3. The molecule has 0 fully saturated rings. The molecule has 0 aliphatic rings. The Morgan fingerprint density at radius 3 is 2.46 bits per heavy atom. The summed E-state index contributed by atoms with van der Waals surface area (Å²) in [6.45, 7) is 5.70. The van der Waals surface area contributed by atoms with Crippen molar-refractivity contribution in [3.05, 3.63) is 87.8 Å². The third-order valence-electron chi connectivity index (χ3n) is 4.67. The van der Waals surface area contributed by atoms with E-state index in [0.29, 0.717) is 0 Å². The predicted octanol–water partition coefficient (Wildman–Crippen LogP) is 6.66. The van der Waals surface area contributed by atoms with Crippen LogP contribution in [0.2, 0.25) is 0 Å². The van der Waals surface area contributed by atoms with Gasteiger partial charge in [-0.2, -0.15) is 0 Å². The highest BCUT2D eigenvalue weighted by atomic mass is 32.1. The van der Waals surface area contributed by atoms with Gasteiger partial charge < -0.3 is 4.42 Å². The van der Waals surface area contributed by atoms with Crippen LogP contribution in [0.4, 0.5) is 5.69 Å². The van der Waals surface area contributed by atoms with Crippen molar-refractivity contribution in [3.63, 3.8) is 0 Å². The molecule has 0 unspecified atom stereocenters. The van der Waals surface area contributed by atoms with E-state index in [4.69, 9.17) is 4.42 Å². The monoisotopic (exact) mass is 387 g/mol. The zero-order valence-corrected chi connectivity index (χ0v) is 16.9. The number of anilines is 1. The normalized spacial score (nSPS) is 11.8. The maximum atomic E-state index is 12.7. The van der Waals surface area contributed by atoms with Crippen molar-refractivity contribution in [1.82, 2.24) is 0 Å². The summed E-state index contributed by atoms with van der Waals surface area (Å²) in [4.78, 5) is 15.5. The summed E-state index contributed by atoms with van der Waals surface area (Å²) in [6, 6.07) is 18.2. The van der Waals surface area contributed by atoms with Crippen LogP contribution in [0.5, 0.6) is 0 Å². The first-order valence-corrected chi connectivity index (χ1v) is 10.0. The molecule has 0 bridgehead atoms. The minimum absolute atomic E-state index is 0.0347. The highest BCUT2D eigenvalue weighted by Crippen LogP contribution is 2.33. The topological polar surface area (TPSA) is 33.5 Å². The number of furan rings is 1. The van der Waals surface area contributed by atoms with Gasteiger partial charge in [-0.3, -0.25) is 9.69 Å². The molecule has 0 atom stereocenters. The van der Waals surface area contributed by atoms with Crippen molar-refractivity contribution in [2.24, 2.45) is 0 Å². The van der Waals surface area contributed by atoms with E-state index in [0.717, 1.165) is 38.4 Å². The van der Waals surface area contributed by atoms with E-state index in [1.807, 2.05) is 66.9 Å². The number of nitrogens with zero attached hydrogens (tertiary/aromatic N) is 1. The van der Waals surface area contributed by atoms with E-state index in [1.165, 1.54) is 5.56 Å². The molecule has 2 heterocycles. The van der Waals surface area contributed by atoms with Crippen LogP contribution in [0.1, 0.15) is 28.5 Å². The minimum atomic E-state index is -0.0347. The lowest BCUT2D eigenvalue weighted by atomic mass is 10.1. The standard InChI is InChI=1S/C24H21NO2S/c1-16-6-9-20(10-7-16)25(18(3)26)22(24-5-4-12-28-24)14-19-15-27-23-11-8-17(2)13-21(19)23/h4-15H,1-3H3/b22-14-. The van der Waals surface area contributed by atoms with Gasteiger partial charge in [0.05, 0.1) is 16.8 Å². The van der Waals surface area contributed by atoms with Crippen molar-refractivity contribution < 1.29 is 9.21 Å². The molecule has 4 rings (SSSR count). The van der Waals surface area contributed by atoms with Gasteiger partial charge in [-0.1, -0.05) is 35.4 Å². The number of rotatable bonds is 4.